The van der Waals surface area contributed by atoms with Gasteiger partial charge >= 0.3 is 0 Å². The Morgan fingerprint density at radius 1 is 1.13 bits per heavy atom. The third kappa shape index (κ3) is 3.11. The zero-order chi connectivity index (χ0) is 20.9. The average molecular weight is 442 g/mol. The molecular formula is C21H20ClN5O2S. The van der Waals surface area contributed by atoms with E-state index in [2.05, 4.69) is 22.1 Å². The fraction of sp³-hybridized carbons (Fsp3) is 0.286. The van der Waals surface area contributed by atoms with Gasteiger partial charge < -0.3 is 4.90 Å². The number of piperidine rings is 1. The lowest BCUT2D eigenvalue weighted by atomic mass is 10.00. The van der Waals surface area contributed by atoms with Gasteiger partial charge in [0.1, 0.15) is 5.82 Å². The molecule has 4 aromatic rings. The molecule has 2 aromatic heterocycles. The molecule has 30 heavy (non-hydrogen) atoms. The quantitative estimate of drug-likeness (QED) is 0.478. The standard InChI is InChI=1S/C21H20ClN5O2S/c1-14-6-5-11-26(13-14)19-17-12-15(22)9-10-18(17)27-20(23-19)21(24-25-27)30(28,29)16-7-3-2-4-8-16/h2-4,7-10,12,14H,5-6,11,13H2,1H3. The van der Waals surface area contributed by atoms with Crippen LogP contribution in [0.25, 0.3) is 16.6 Å². The van der Waals surface area contributed by atoms with Gasteiger partial charge in [0.15, 0.2) is 5.65 Å². The molecule has 0 amide bonds. The summed E-state index contributed by atoms with van der Waals surface area (Å²) in [5.74, 6) is 1.25. The molecule has 0 N–H and O–H groups in total. The van der Waals surface area contributed by atoms with E-state index in [4.69, 9.17) is 16.6 Å². The Morgan fingerprint density at radius 2 is 1.93 bits per heavy atom. The van der Waals surface area contributed by atoms with Crippen molar-refractivity contribution < 1.29 is 8.42 Å². The first-order valence-corrected chi connectivity index (χ1v) is 11.7. The van der Waals surface area contributed by atoms with E-state index in [9.17, 15) is 8.42 Å². The second-order valence-corrected chi connectivity index (χ2v) is 10.0. The maximum absolute atomic E-state index is 13.2. The van der Waals surface area contributed by atoms with Crippen molar-refractivity contribution in [2.45, 2.75) is 29.7 Å². The van der Waals surface area contributed by atoms with Gasteiger partial charge in [-0.3, -0.25) is 0 Å². The highest BCUT2D eigenvalue weighted by Crippen LogP contribution is 2.33. The van der Waals surface area contributed by atoms with E-state index in [1.807, 2.05) is 12.1 Å². The van der Waals surface area contributed by atoms with Gasteiger partial charge in [0, 0.05) is 23.5 Å². The van der Waals surface area contributed by atoms with Gasteiger partial charge in [-0.1, -0.05) is 41.9 Å². The molecule has 1 fully saturated rings. The van der Waals surface area contributed by atoms with Gasteiger partial charge in [-0.2, -0.15) is 4.52 Å². The van der Waals surface area contributed by atoms with Crippen LogP contribution in [-0.2, 0) is 9.84 Å². The Morgan fingerprint density at radius 3 is 2.70 bits per heavy atom. The van der Waals surface area contributed by atoms with Crippen molar-refractivity contribution >= 4 is 43.8 Å². The number of benzene rings is 2. The molecule has 7 nitrogen and oxygen atoms in total. The highest BCUT2D eigenvalue weighted by atomic mass is 35.5. The number of sulfone groups is 1. The van der Waals surface area contributed by atoms with Crippen molar-refractivity contribution in [3.8, 4) is 0 Å². The molecule has 0 saturated carbocycles. The number of anilines is 1. The first-order chi connectivity index (χ1) is 14.4. The number of rotatable bonds is 3. The van der Waals surface area contributed by atoms with E-state index in [-0.39, 0.29) is 15.6 Å². The second kappa shape index (κ2) is 7.21. The van der Waals surface area contributed by atoms with Gasteiger partial charge in [0.25, 0.3) is 0 Å². The van der Waals surface area contributed by atoms with Crippen LogP contribution >= 0.6 is 11.6 Å². The summed E-state index contributed by atoms with van der Waals surface area (Å²) in [6.07, 6.45) is 2.22. The first-order valence-electron chi connectivity index (χ1n) is 9.85. The molecule has 154 valence electrons. The van der Waals surface area contributed by atoms with Crippen molar-refractivity contribution in [1.29, 1.82) is 0 Å². The number of nitrogens with zero attached hydrogens (tertiary/aromatic N) is 5. The predicted octanol–water partition coefficient (Wildman–Crippen LogP) is 4.00. The van der Waals surface area contributed by atoms with Crippen LogP contribution in [0.1, 0.15) is 19.8 Å². The average Bonchev–Trinajstić information content (AvgIpc) is 3.18. The Labute approximate surface area is 179 Å². The SMILES string of the molecule is CC1CCCN(c2nc3c(S(=O)(=O)c4ccccc4)nnn3c3ccc(Cl)cc23)C1. The minimum atomic E-state index is -3.86. The molecular weight excluding hydrogens is 422 g/mol. The minimum absolute atomic E-state index is 0.142. The monoisotopic (exact) mass is 441 g/mol. The number of hydrogen-bond donors (Lipinski definition) is 0. The molecule has 5 rings (SSSR count). The molecule has 1 saturated heterocycles. The Bertz CT molecular complexity index is 1350. The highest BCUT2D eigenvalue weighted by Gasteiger charge is 2.28. The fourth-order valence-corrected chi connectivity index (χ4v) is 5.49. The largest absolute Gasteiger partial charge is 0.356 e. The molecule has 0 bridgehead atoms. The van der Waals surface area contributed by atoms with Crippen molar-refractivity contribution in [1.82, 2.24) is 19.8 Å². The van der Waals surface area contributed by atoms with Crippen molar-refractivity contribution in [2.75, 3.05) is 18.0 Å². The normalized spacial score (nSPS) is 17.7. The molecule has 1 unspecified atom stereocenters. The summed E-state index contributed by atoms with van der Waals surface area (Å²) in [5, 5.41) is 9.44. The summed E-state index contributed by atoms with van der Waals surface area (Å²) in [5.41, 5.74) is 0.946. The van der Waals surface area contributed by atoms with Crippen molar-refractivity contribution in [3.05, 3.63) is 53.6 Å². The first kappa shape index (κ1) is 19.3. The molecule has 0 radical (unpaired) electrons. The molecule has 9 heteroatoms. The topological polar surface area (TPSA) is 80.5 Å². The zero-order valence-corrected chi connectivity index (χ0v) is 17.9. The predicted molar refractivity (Wildman–Crippen MR) is 116 cm³/mol. The van der Waals surface area contributed by atoms with Gasteiger partial charge in [-0.25, -0.2) is 13.4 Å². The molecule has 1 atom stereocenters. The van der Waals surface area contributed by atoms with Gasteiger partial charge in [0.05, 0.1) is 10.4 Å². The Kier molecular flexibility index (Phi) is 4.63. The van der Waals surface area contributed by atoms with Crippen LogP contribution in [0.15, 0.2) is 58.5 Å². The molecule has 3 heterocycles. The van der Waals surface area contributed by atoms with Gasteiger partial charge in [-0.05, 0) is 49.1 Å². The van der Waals surface area contributed by atoms with Crippen LogP contribution in [0.4, 0.5) is 5.82 Å². The van der Waals surface area contributed by atoms with E-state index in [0.717, 1.165) is 36.2 Å². The Hall–Kier alpha value is -2.71. The zero-order valence-electron chi connectivity index (χ0n) is 16.4. The summed E-state index contributed by atoms with van der Waals surface area (Å²) in [7, 11) is -3.86. The van der Waals surface area contributed by atoms with E-state index in [1.165, 1.54) is 10.9 Å². The van der Waals surface area contributed by atoms with Gasteiger partial charge in [-0.15, -0.1) is 5.10 Å². The number of hydrogen-bond acceptors (Lipinski definition) is 6. The van der Waals surface area contributed by atoms with E-state index >= 15 is 0 Å². The number of halogens is 1. The van der Waals surface area contributed by atoms with E-state index in [1.54, 1.807) is 36.4 Å². The minimum Gasteiger partial charge on any atom is -0.356 e. The van der Waals surface area contributed by atoms with E-state index < -0.39 is 9.84 Å². The fourth-order valence-electron chi connectivity index (χ4n) is 4.06. The third-order valence-electron chi connectivity index (χ3n) is 5.52. The van der Waals surface area contributed by atoms with Crippen molar-refractivity contribution in [3.63, 3.8) is 0 Å². The number of fused-ring (bicyclic) bond motifs is 3. The van der Waals surface area contributed by atoms with E-state index in [0.29, 0.717) is 10.9 Å². The third-order valence-corrected chi connectivity index (χ3v) is 7.42. The van der Waals surface area contributed by atoms with Crippen LogP contribution in [0.3, 0.4) is 0 Å². The van der Waals surface area contributed by atoms with Crippen LogP contribution < -0.4 is 4.90 Å². The summed E-state index contributed by atoms with van der Waals surface area (Å²) >= 11 is 6.28. The number of aromatic nitrogens is 4. The van der Waals surface area contributed by atoms with Crippen LogP contribution in [0.5, 0.6) is 0 Å². The molecule has 1 aliphatic rings. The Balaban J connectivity index is 1.79. The molecule has 2 aromatic carbocycles. The molecule has 0 aliphatic carbocycles. The lowest BCUT2D eigenvalue weighted by Gasteiger charge is -2.32. The molecule has 0 spiro atoms. The van der Waals surface area contributed by atoms with Gasteiger partial charge in [0.2, 0.25) is 14.9 Å². The lowest BCUT2D eigenvalue weighted by Crippen LogP contribution is -2.35. The van der Waals surface area contributed by atoms with Crippen LogP contribution in [-0.4, -0.2) is 41.3 Å². The maximum Gasteiger partial charge on any atom is 0.229 e. The highest BCUT2D eigenvalue weighted by molar-refractivity contribution is 7.91. The smallest absolute Gasteiger partial charge is 0.229 e. The lowest BCUT2D eigenvalue weighted by molar-refractivity contribution is 0.445. The summed E-state index contributed by atoms with van der Waals surface area (Å²) < 4.78 is 28.0. The van der Waals surface area contributed by atoms with Crippen LogP contribution in [0.2, 0.25) is 5.02 Å². The summed E-state index contributed by atoms with van der Waals surface area (Å²) in [4.78, 5) is 7.15. The second-order valence-electron chi connectivity index (χ2n) is 7.74. The summed E-state index contributed by atoms with van der Waals surface area (Å²) in [6.45, 7) is 3.93. The maximum atomic E-state index is 13.2. The van der Waals surface area contributed by atoms with Crippen LogP contribution in [0, 0.1) is 5.92 Å². The molecule has 1 aliphatic heterocycles. The summed E-state index contributed by atoms with van der Waals surface area (Å²) in [6, 6.07) is 13.7. The van der Waals surface area contributed by atoms with Crippen molar-refractivity contribution in [2.24, 2.45) is 5.92 Å².